The van der Waals surface area contributed by atoms with Crippen molar-refractivity contribution in [2.45, 2.75) is 55.7 Å². The second-order valence-corrected chi connectivity index (χ2v) is 8.40. The highest BCUT2D eigenvalue weighted by Gasteiger charge is 2.57. The largest absolute Gasteiger partial charge is 0.451 e. The maximum absolute atomic E-state index is 12.7. The van der Waals surface area contributed by atoms with Gasteiger partial charge >= 0.3 is 5.97 Å². The molecule has 2 amide bonds. The van der Waals surface area contributed by atoms with Crippen LogP contribution in [0.25, 0.3) is 0 Å². The molecule has 4 rings (SSSR count). The van der Waals surface area contributed by atoms with E-state index in [4.69, 9.17) is 4.74 Å². The number of carbonyl (C=O) groups excluding carboxylic acids is 3. The fraction of sp³-hybridized carbons (Fsp3) is 0.526. The van der Waals surface area contributed by atoms with Crippen LogP contribution in [0.5, 0.6) is 0 Å². The van der Waals surface area contributed by atoms with Gasteiger partial charge in [-0.2, -0.15) is 0 Å². The lowest BCUT2D eigenvalue weighted by atomic mass is 10.0. The zero-order valence-corrected chi connectivity index (χ0v) is 15.5. The fourth-order valence-electron chi connectivity index (χ4n) is 3.67. The van der Waals surface area contributed by atoms with Gasteiger partial charge in [0.25, 0.3) is 5.91 Å². The summed E-state index contributed by atoms with van der Waals surface area (Å²) < 4.78 is 5.40. The van der Waals surface area contributed by atoms with Crippen LogP contribution < -0.4 is 5.32 Å². The van der Waals surface area contributed by atoms with E-state index in [0.29, 0.717) is 18.6 Å². The van der Waals surface area contributed by atoms with Crippen LogP contribution in [0.2, 0.25) is 0 Å². The second-order valence-electron chi connectivity index (χ2n) is 7.10. The first-order chi connectivity index (χ1) is 12.5. The van der Waals surface area contributed by atoms with Gasteiger partial charge in [-0.15, -0.1) is 11.8 Å². The van der Waals surface area contributed by atoms with Crippen LogP contribution in [-0.4, -0.2) is 46.6 Å². The molecular formula is C19H22N2O4S. The molecule has 0 bridgehead atoms. The Balaban J connectivity index is 1.49. The van der Waals surface area contributed by atoms with Crippen molar-refractivity contribution >= 4 is 29.5 Å². The van der Waals surface area contributed by atoms with Crippen LogP contribution in [0.4, 0.5) is 0 Å². The van der Waals surface area contributed by atoms with E-state index in [9.17, 15) is 14.4 Å². The Labute approximate surface area is 156 Å². The van der Waals surface area contributed by atoms with Gasteiger partial charge in [-0.1, -0.05) is 30.3 Å². The molecule has 0 unspecified atom stereocenters. The minimum atomic E-state index is -0.850. The number of nitrogens with one attached hydrogen (secondary N) is 1. The summed E-state index contributed by atoms with van der Waals surface area (Å²) in [5.74, 6) is -0.315. The van der Waals surface area contributed by atoms with E-state index in [1.807, 2.05) is 30.3 Å². The summed E-state index contributed by atoms with van der Waals surface area (Å²) in [6.07, 6.45) is 2.21. The molecule has 1 aromatic carbocycles. The Morgan fingerprint density at radius 1 is 1.31 bits per heavy atom. The first kappa shape index (κ1) is 17.4. The molecule has 3 atom stereocenters. The Hall–Kier alpha value is -2.02. The number of hydrogen-bond donors (Lipinski definition) is 1. The average Bonchev–Trinajstić information content (AvgIpc) is 3.27. The zero-order valence-electron chi connectivity index (χ0n) is 14.6. The molecular weight excluding hydrogens is 352 g/mol. The van der Waals surface area contributed by atoms with Crippen molar-refractivity contribution in [2.75, 3.05) is 5.75 Å². The number of hydrogen-bond acceptors (Lipinski definition) is 5. The minimum Gasteiger partial charge on any atom is -0.451 e. The quantitative estimate of drug-likeness (QED) is 0.796. The van der Waals surface area contributed by atoms with E-state index >= 15 is 0 Å². The van der Waals surface area contributed by atoms with Gasteiger partial charge in [-0.05, 0) is 31.7 Å². The summed E-state index contributed by atoms with van der Waals surface area (Å²) in [5, 5.41) is 2.84. The highest BCUT2D eigenvalue weighted by Crippen LogP contribution is 2.54. The van der Waals surface area contributed by atoms with Crippen molar-refractivity contribution in [1.29, 1.82) is 0 Å². The van der Waals surface area contributed by atoms with Crippen LogP contribution >= 0.6 is 11.8 Å². The van der Waals surface area contributed by atoms with Gasteiger partial charge < -0.3 is 15.0 Å². The van der Waals surface area contributed by atoms with Crippen LogP contribution in [0, 0.1) is 0 Å². The molecule has 7 heteroatoms. The number of rotatable bonds is 5. The first-order valence-corrected chi connectivity index (χ1v) is 10.0. The third-order valence-electron chi connectivity index (χ3n) is 5.21. The lowest BCUT2D eigenvalue weighted by Crippen LogP contribution is -2.48. The van der Waals surface area contributed by atoms with E-state index in [1.54, 1.807) is 23.6 Å². The predicted octanol–water partition coefficient (Wildman–Crippen LogP) is 1.79. The van der Waals surface area contributed by atoms with Gasteiger partial charge in [0.1, 0.15) is 10.9 Å². The summed E-state index contributed by atoms with van der Waals surface area (Å²) in [6, 6.07) is 9.40. The second kappa shape index (κ2) is 6.61. The molecule has 138 valence electrons. The number of fused-ring (bicyclic) bond motifs is 1. The Morgan fingerprint density at radius 3 is 2.73 bits per heavy atom. The van der Waals surface area contributed by atoms with Gasteiger partial charge in [0, 0.05) is 18.2 Å². The van der Waals surface area contributed by atoms with Gasteiger partial charge in [0.2, 0.25) is 5.91 Å². The topological polar surface area (TPSA) is 75.7 Å². The highest BCUT2D eigenvalue weighted by atomic mass is 32.2. The normalized spacial score (nSPS) is 28.6. The van der Waals surface area contributed by atoms with Crippen molar-refractivity contribution in [3.05, 3.63) is 35.9 Å². The molecule has 0 aromatic heterocycles. The maximum atomic E-state index is 12.7. The maximum Gasteiger partial charge on any atom is 0.330 e. The van der Waals surface area contributed by atoms with Crippen molar-refractivity contribution in [2.24, 2.45) is 0 Å². The molecule has 1 saturated carbocycles. The molecule has 6 nitrogen and oxygen atoms in total. The molecule has 2 aliphatic heterocycles. The minimum absolute atomic E-state index is 0.0316. The molecule has 2 heterocycles. The van der Waals surface area contributed by atoms with Crippen LogP contribution in [0.15, 0.2) is 30.3 Å². The summed E-state index contributed by atoms with van der Waals surface area (Å²) >= 11 is 1.61. The standard InChI is InChI=1S/C19H22N2O4S/c1-12(17(23)20-14-7-8-14)25-18(24)15-11-26-19(10-9-16(22)21(15)19)13-5-3-2-4-6-13/h2-6,12,14-15H,7-11H2,1H3,(H,20,23)/t12-,15-,19+/m0/s1. The highest BCUT2D eigenvalue weighted by molar-refractivity contribution is 8.00. The lowest BCUT2D eigenvalue weighted by Gasteiger charge is -2.33. The van der Waals surface area contributed by atoms with Gasteiger partial charge in [0.15, 0.2) is 6.10 Å². The van der Waals surface area contributed by atoms with E-state index < -0.39 is 23.0 Å². The lowest BCUT2D eigenvalue weighted by molar-refractivity contribution is -0.161. The molecule has 1 N–H and O–H groups in total. The fourth-order valence-corrected chi connectivity index (χ4v) is 5.30. The predicted molar refractivity (Wildman–Crippen MR) is 97.2 cm³/mol. The molecule has 1 aliphatic carbocycles. The van der Waals surface area contributed by atoms with Crippen LogP contribution in [0.1, 0.15) is 38.2 Å². The van der Waals surface area contributed by atoms with Crippen LogP contribution in [-0.2, 0) is 24.0 Å². The number of esters is 1. The SMILES string of the molecule is C[C@H](OC(=O)[C@@H]1CS[C@@]2(c3ccccc3)CCC(=O)N12)C(=O)NC1CC1. The molecule has 26 heavy (non-hydrogen) atoms. The number of nitrogens with zero attached hydrogens (tertiary/aromatic N) is 1. The number of amides is 2. The number of thioether (sulfide) groups is 1. The number of ether oxygens (including phenoxy) is 1. The zero-order chi connectivity index (χ0) is 18.3. The third-order valence-corrected chi connectivity index (χ3v) is 6.81. The molecule has 2 saturated heterocycles. The monoisotopic (exact) mass is 374 g/mol. The average molecular weight is 374 g/mol. The van der Waals surface area contributed by atoms with Crippen molar-refractivity contribution in [1.82, 2.24) is 10.2 Å². The van der Waals surface area contributed by atoms with Gasteiger partial charge in [-0.25, -0.2) is 4.79 Å². The van der Waals surface area contributed by atoms with Crippen molar-refractivity contribution in [3.63, 3.8) is 0 Å². The number of carbonyl (C=O) groups is 3. The molecule has 3 aliphatic rings. The Morgan fingerprint density at radius 2 is 2.04 bits per heavy atom. The number of benzene rings is 1. The first-order valence-electron chi connectivity index (χ1n) is 9.04. The van der Waals surface area contributed by atoms with Crippen LogP contribution in [0.3, 0.4) is 0 Å². The summed E-state index contributed by atoms with van der Waals surface area (Å²) in [4.78, 5) is 38.5. The van der Waals surface area contributed by atoms with Crippen molar-refractivity contribution < 1.29 is 19.1 Å². The van der Waals surface area contributed by atoms with E-state index in [0.717, 1.165) is 18.4 Å². The van der Waals surface area contributed by atoms with E-state index in [2.05, 4.69) is 5.32 Å². The van der Waals surface area contributed by atoms with Gasteiger partial charge in [-0.3, -0.25) is 9.59 Å². The van der Waals surface area contributed by atoms with Gasteiger partial charge in [0.05, 0.1) is 0 Å². The molecule has 0 radical (unpaired) electrons. The Bertz CT molecular complexity index is 736. The third kappa shape index (κ3) is 2.98. The van der Waals surface area contributed by atoms with E-state index in [1.165, 1.54) is 0 Å². The molecule has 3 fully saturated rings. The Kier molecular flexibility index (Phi) is 4.42. The van der Waals surface area contributed by atoms with E-state index in [-0.39, 0.29) is 17.9 Å². The summed E-state index contributed by atoms with van der Waals surface area (Å²) in [7, 11) is 0. The van der Waals surface area contributed by atoms with Crippen molar-refractivity contribution in [3.8, 4) is 0 Å². The molecule has 1 aromatic rings. The summed E-state index contributed by atoms with van der Waals surface area (Å²) in [6.45, 7) is 1.58. The summed E-state index contributed by atoms with van der Waals surface area (Å²) in [5.41, 5.74) is 1.03. The smallest absolute Gasteiger partial charge is 0.330 e. The molecule has 0 spiro atoms.